The minimum atomic E-state index is -0.820. The Morgan fingerprint density at radius 3 is 2.93 bits per heavy atom. The molecule has 0 spiro atoms. The molecule has 1 aromatic rings. The fourth-order valence-corrected chi connectivity index (χ4v) is 0.895. The van der Waals surface area contributed by atoms with Crippen LogP contribution in [0.25, 0.3) is 0 Å². The molecule has 1 aromatic heterocycles. The second-order valence-corrected chi connectivity index (χ2v) is 3.11. The highest BCUT2D eigenvalue weighted by Gasteiger charge is 2.10. The van der Waals surface area contributed by atoms with E-state index in [-0.39, 0.29) is 0 Å². The molecule has 0 saturated heterocycles. The number of nitrogens with one attached hydrogen (secondary N) is 1. The van der Waals surface area contributed by atoms with Gasteiger partial charge in [0.2, 0.25) is 5.89 Å². The molecular weight excluding hydrogens is 186 g/mol. The molecule has 78 valence electrons. The number of carboxylic acids is 1. The first-order chi connectivity index (χ1) is 6.59. The van der Waals surface area contributed by atoms with Crippen LogP contribution in [0.5, 0.6) is 0 Å². The molecule has 0 aromatic carbocycles. The lowest BCUT2D eigenvalue weighted by molar-refractivity contribution is -0.140. The Kier molecular flexibility index (Phi) is 3.58. The second-order valence-electron chi connectivity index (χ2n) is 3.11. The highest BCUT2D eigenvalue weighted by Crippen LogP contribution is 1.96. The topological polar surface area (TPSA) is 88.2 Å². The van der Waals surface area contributed by atoms with Gasteiger partial charge in [0, 0.05) is 6.54 Å². The van der Waals surface area contributed by atoms with Crippen molar-refractivity contribution in [1.82, 2.24) is 15.5 Å². The van der Waals surface area contributed by atoms with E-state index in [0.29, 0.717) is 24.8 Å². The molecule has 14 heavy (non-hydrogen) atoms. The molecule has 0 fully saturated rings. The molecule has 0 radical (unpaired) electrons. The van der Waals surface area contributed by atoms with Gasteiger partial charge in [-0.15, -0.1) is 0 Å². The molecular formula is C8H13N3O3. The smallest absolute Gasteiger partial charge is 0.307 e. The van der Waals surface area contributed by atoms with E-state index in [9.17, 15) is 4.79 Å². The van der Waals surface area contributed by atoms with Gasteiger partial charge >= 0.3 is 5.97 Å². The van der Waals surface area contributed by atoms with Crippen molar-refractivity contribution in [1.29, 1.82) is 0 Å². The molecule has 0 aliphatic heterocycles. The molecule has 6 nitrogen and oxygen atoms in total. The summed E-state index contributed by atoms with van der Waals surface area (Å²) in [6.07, 6.45) is 0. The number of rotatable bonds is 5. The summed E-state index contributed by atoms with van der Waals surface area (Å²) in [7, 11) is 0. The monoisotopic (exact) mass is 199 g/mol. The van der Waals surface area contributed by atoms with E-state index < -0.39 is 11.9 Å². The van der Waals surface area contributed by atoms with Crippen molar-refractivity contribution >= 4 is 5.97 Å². The van der Waals surface area contributed by atoms with Crippen LogP contribution in [-0.2, 0) is 11.3 Å². The van der Waals surface area contributed by atoms with Crippen LogP contribution in [0.15, 0.2) is 4.52 Å². The Morgan fingerprint density at radius 1 is 1.71 bits per heavy atom. The van der Waals surface area contributed by atoms with Crippen LogP contribution in [0.4, 0.5) is 0 Å². The number of nitrogens with zero attached hydrogens (tertiary/aromatic N) is 2. The maximum Gasteiger partial charge on any atom is 0.307 e. The summed E-state index contributed by atoms with van der Waals surface area (Å²) in [5.74, 6) is -0.189. The van der Waals surface area contributed by atoms with Crippen LogP contribution in [0.1, 0.15) is 18.6 Å². The third kappa shape index (κ3) is 3.14. The average Bonchev–Trinajstić information content (AvgIpc) is 2.51. The van der Waals surface area contributed by atoms with E-state index in [4.69, 9.17) is 9.63 Å². The molecule has 6 heteroatoms. The Morgan fingerprint density at radius 2 is 2.43 bits per heavy atom. The quantitative estimate of drug-likeness (QED) is 0.703. The lowest BCUT2D eigenvalue weighted by Crippen LogP contribution is -2.26. The summed E-state index contributed by atoms with van der Waals surface area (Å²) >= 11 is 0. The molecule has 1 heterocycles. The summed E-state index contributed by atoms with van der Waals surface area (Å²) in [6.45, 7) is 4.15. The van der Waals surface area contributed by atoms with Crippen LogP contribution in [0, 0.1) is 12.8 Å². The molecule has 2 N–H and O–H groups in total. The Labute approximate surface area is 81.3 Å². The van der Waals surface area contributed by atoms with Crippen molar-refractivity contribution < 1.29 is 14.4 Å². The molecule has 1 unspecified atom stereocenters. The number of aliphatic carboxylic acids is 1. The molecule has 1 rings (SSSR count). The minimum absolute atomic E-state index is 0.386. The molecule has 1 atom stereocenters. The minimum Gasteiger partial charge on any atom is -0.481 e. The first-order valence-corrected chi connectivity index (χ1v) is 4.32. The molecule has 0 saturated carbocycles. The van der Waals surface area contributed by atoms with Gasteiger partial charge in [0.25, 0.3) is 0 Å². The van der Waals surface area contributed by atoms with Crippen molar-refractivity contribution in [3.8, 4) is 0 Å². The number of hydrogen-bond donors (Lipinski definition) is 2. The van der Waals surface area contributed by atoms with Gasteiger partial charge in [0.15, 0.2) is 5.82 Å². The maximum atomic E-state index is 10.5. The van der Waals surface area contributed by atoms with E-state index >= 15 is 0 Å². The first kappa shape index (κ1) is 10.6. The van der Waals surface area contributed by atoms with Crippen LogP contribution >= 0.6 is 0 Å². The van der Waals surface area contributed by atoms with Gasteiger partial charge in [0.05, 0.1) is 12.5 Å². The molecule has 0 aliphatic carbocycles. The van der Waals surface area contributed by atoms with E-state index in [1.807, 2.05) is 0 Å². The average molecular weight is 199 g/mol. The number of carboxylic acid groups (broad SMARTS) is 1. The van der Waals surface area contributed by atoms with Crippen LogP contribution in [-0.4, -0.2) is 27.8 Å². The highest BCUT2D eigenvalue weighted by atomic mass is 16.5. The van der Waals surface area contributed by atoms with Crippen molar-refractivity contribution in [2.45, 2.75) is 20.4 Å². The van der Waals surface area contributed by atoms with Gasteiger partial charge in [-0.1, -0.05) is 12.1 Å². The van der Waals surface area contributed by atoms with Gasteiger partial charge in [-0.2, -0.15) is 4.98 Å². The highest BCUT2D eigenvalue weighted by molar-refractivity contribution is 5.69. The SMILES string of the molecule is Cc1noc(CNCC(C)C(=O)O)n1. The summed E-state index contributed by atoms with van der Waals surface area (Å²) in [4.78, 5) is 14.4. The number of aryl methyl sites for hydroxylation is 1. The van der Waals surface area contributed by atoms with Crippen molar-refractivity contribution in [2.24, 2.45) is 5.92 Å². The van der Waals surface area contributed by atoms with E-state index in [0.717, 1.165) is 0 Å². The fourth-order valence-electron chi connectivity index (χ4n) is 0.895. The zero-order chi connectivity index (χ0) is 10.6. The summed E-state index contributed by atoms with van der Waals surface area (Å²) in [6, 6.07) is 0. The van der Waals surface area contributed by atoms with Gasteiger partial charge in [-0.05, 0) is 6.92 Å². The predicted molar refractivity (Wildman–Crippen MR) is 47.5 cm³/mol. The van der Waals surface area contributed by atoms with Crippen LogP contribution < -0.4 is 5.32 Å². The van der Waals surface area contributed by atoms with Crippen molar-refractivity contribution in [3.63, 3.8) is 0 Å². The number of carbonyl (C=O) groups is 1. The first-order valence-electron chi connectivity index (χ1n) is 4.32. The summed E-state index contributed by atoms with van der Waals surface area (Å²) in [5.41, 5.74) is 0. The van der Waals surface area contributed by atoms with E-state index in [1.54, 1.807) is 13.8 Å². The Balaban J connectivity index is 2.25. The fraction of sp³-hybridized carbons (Fsp3) is 0.625. The maximum absolute atomic E-state index is 10.5. The predicted octanol–water partition coefficient (Wildman–Crippen LogP) is 0.188. The zero-order valence-electron chi connectivity index (χ0n) is 8.15. The van der Waals surface area contributed by atoms with E-state index in [2.05, 4.69) is 15.5 Å². The van der Waals surface area contributed by atoms with Crippen LogP contribution in [0.3, 0.4) is 0 Å². The zero-order valence-corrected chi connectivity index (χ0v) is 8.15. The Hall–Kier alpha value is -1.43. The van der Waals surface area contributed by atoms with Gasteiger partial charge in [-0.25, -0.2) is 0 Å². The lowest BCUT2D eigenvalue weighted by Gasteiger charge is -2.05. The van der Waals surface area contributed by atoms with Gasteiger partial charge < -0.3 is 14.9 Å². The van der Waals surface area contributed by atoms with Crippen LogP contribution in [0.2, 0.25) is 0 Å². The molecule has 0 amide bonds. The van der Waals surface area contributed by atoms with Gasteiger partial charge in [0.1, 0.15) is 0 Å². The third-order valence-corrected chi connectivity index (χ3v) is 1.72. The number of aromatic nitrogens is 2. The Bertz CT molecular complexity index is 311. The largest absolute Gasteiger partial charge is 0.481 e. The third-order valence-electron chi connectivity index (χ3n) is 1.72. The van der Waals surface area contributed by atoms with Crippen molar-refractivity contribution in [3.05, 3.63) is 11.7 Å². The molecule has 0 aliphatic rings. The second kappa shape index (κ2) is 4.71. The summed E-state index contributed by atoms with van der Waals surface area (Å²) in [5, 5.41) is 15.1. The van der Waals surface area contributed by atoms with Crippen molar-refractivity contribution in [2.75, 3.05) is 6.54 Å². The molecule has 0 bridgehead atoms. The normalized spacial score (nSPS) is 12.7. The van der Waals surface area contributed by atoms with Gasteiger partial charge in [-0.3, -0.25) is 4.79 Å². The summed E-state index contributed by atoms with van der Waals surface area (Å²) < 4.78 is 4.84. The lowest BCUT2D eigenvalue weighted by atomic mass is 10.2. The number of hydrogen-bond acceptors (Lipinski definition) is 5. The standard InChI is InChI=1S/C8H13N3O3/c1-5(8(12)13)3-9-4-7-10-6(2)11-14-7/h5,9H,3-4H2,1-2H3,(H,12,13). The van der Waals surface area contributed by atoms with E-state index in [1.165, 1.54) is 0 Å².